The van der Waals surface area contributed by atoms with E-state index in [2.05, 4.69) is 10.3 Å². The van der Waals surface area contributed by atoms with E-state index in [0.717, 1.165) is 11.1 Å². The third kappa shape index (κ3) is 5.58. The van der Waals surface area contributed by atoms with Crippen LogP contribution in [0.25, 0.3) is 0 Å². The van der Waals surface area contributed by atoms with Gasteiger partial charge < -0.3 is 29.5 Å². The van der Waals surface area contributed by atoms with Crippen molar-refractivity contribution < 1.29 is 33.3 Å². The predicted molar refractivity (Wildman–Crippen MR) is 130 cm³/mol. The molecule has 2 aromatic carbocycles. The summed E-state index contributed by atoms with van der Waals surface area (Å²) in [5, 5.41) is 12.3. The van der Waals surface area contributed by atoms with Crippen LogP contribution in [0.5, 0.6) is 17.2 Å². The maximum atomic E-state index is 14.7. The van der Waals surface area contributed by atoms with E-state index in [0.29, 0.717) is 30.2 Å². The Hall–Kier alpha value is -4.34. The minimum absolute atomic E-state index is 0.0531. The molecule has 2 atom stereocenters. The monoisotopic (exact) mass is 507 g/mol. The molecule has 5 rings (SSSR count). The van der Waals surface area contributed by atoms with Gasteiger partial charge in [0.2, 0.25) is 6.79 Å². The van der Waals surface area contributed by atoms with Crippen LogP contribution in [-0.2, 0) is 6.54 Å². The number of ether oxygens (including phenoxy) is 3. The molecule has 3 aromatic rings. The van der Waals surface area contributed by atoms with E-state index >= 15 is 0 Å². The summed E-state index contributed by atoms with van der Waals surface area (Å²) in [7, 11) is 0. The number of benzene rings is 2. The van der Waals surface area contributed by atoms with Gasteiger partial charge in [0.15, 0.2) is 11.5 Å². The van der Waals surface area contributed by atoms with E-state index in [-0.39, 0.29) is 43.9 Å². The molecule has 9 nitrogen and oxygen atoms in total. The van der Waals surface area contributed by atoms with Gasteiger partial charge in [-0.1, -0.05) is 6.07 Å². The number of hydrogen-bond acceptors (Lipinski definition) is 6. The quantitative estimate of drug-likeness (QED) is 0.497. The summed E-state index contributed by atoms with van der Waals surface area (Å²) < 4.78 is 31.4. The van der Waals surface area contributed by atoms with Gasteiger partial charge in [-0.15, -0.1) is 0 Å². The van der Waals surface area contributed by atoms with Crippen molar-refractivity contribution in [2.75, 3.05) is 26.5 Å². The van der Waals surface area contributed by atoms with Crippen molar-refractivity contribution in [1.29, 1.82) is 0 Å². The van der Waals surface area contributed by atoms with E-state index in [9.17, 15) is 19.1 Å². The highest BCUT2D eigenvalue weighted by molar-refractivity contribution is 5.94. The molecule has 0 spiro atoms. The average Bonchev–Trinajstić information content (AvgIpc) is 3.39. The summed E-state index contributed by atoms with van der Waals surface area (Å²) >= 11 is 0. The number of aromatic nitrogens is 1. The summed E-state index contributed by atoms with van der Waals surface area (Å²) in [6.45, 7) is 1.22. The average molecular weight is 508 g/mol. The molecule has 10 heteroatoms. The number of pyridine rings is 1. The molecule has 37 heavy (non-hydrogen) atoms. The first-order valence-corrected chi connectivity index (χ1v) is 11.9. The molecular weight excluding hydrogens is 481 g/mol. The molecule has 0 bridgehead atoms. The largest absolute Gasteiger partial charge is 0.493 e. The van der Waals surface area contributed by atoms with Gasteiger partial charge in [0.05, 0.1) is 12.2 Å². The number of carbonyl (C=O) groups excluding carboxylic acids is 1. The molecule has 0 radical (unpaired) electrons. The Kier molecular flexibility index (Phi) is 7.07. The van der Waals surface area contributed by atoms with Crippen molar-refractivity contribution in [1.82, 2.24) is 15.2 Å². The summed E-state index contributed by atoms with van der Waals surface area (Å²) in [6, 6.07) is 13.3. The molecule has 2 aliphatic heterocycles. The second-order valence-corrected chi connectivity index (χ2v) is 8.99. The highest BCUT2D eigenvalue weighted by Crippen LogP contribution is 2.37. The molecule has 1 fully saturated rings. The third-order valence-electron chi connectivity index (χ3n) is 6.68. The summed E-state index contributed by atoms with van der Waals surface area (Å²) in [6.07, 6.45) is 2.77. The van der Waals surface area contributed by atoms with Crippen molar-refractivity contribution in [3.8, 4) is 17.2 Å². The summed E-state index contributed by atoms with van der Waals surface area (Å²) in [5.41, 5.74) is 1.56. The number of piperidine rings is 1. The van der Waals surface area contributed by atoms with Gasteiger partial charge in [-0.2, -0.15) is 0 Å². The zero-order valence-electron chi connectivity index (χ0n) is 19.9. The number of hydrogen-bond donors (Lipinski definition) is 2. The molecule has 0 saturated carbocycles. The van der Waals surface area contributed by atoms with Gasteiger partial charge in [0.1, 0.15) is 11.6 Å². The number of nitrogens with zero attached hydrogens (tertiary/aromatic N) is 2. The first-order valence-electron chi connectivity index (χ1n) is 11.9. The van der Waals surface area contributed by atoms with Crippen LogP contribution in [0.15, 0.2) is 60.9 Å². The topological polar surface area (TPSA) is 110 Å². The first kappa shape index (κ1) is 24.4. The molecule has 1 aromatic heterocycles. The zero-order valence-corrected chi connectivity index (χ0v) is 19.9. The normalized spacial score (nSPS) is 18.4. The fraction of sp³-hybridized carbons (Fsp3) is 0.296. The Morgan fingerprint density at radius 3 is 2.73 bits per heavy atom. The van der Waals surface area contributed by atoms with Gasteiger partial charge in [0, 0.05) is 44.0 Å². The molecule has 2 N–H and O–H groups in total. The summed E-state index contributed by atoms with van der Waals surface area (Å²) in [4.78, 5) is 29.8. The number of amides is 2. The van der Waals surface area contributed by atoms with Crippen LogP contribution in [0.1, 0.15) is 33.8 Å². The van der Waals surface area contributed by atoms with Crippen molar-refractivity contribution in [3.05, 3.63) is 83.4 Å². The van der Waals surface area contributed by atoms with Gasteiger partial charge in [-0.3, -0.25) is 9.78 Å². The highest BCUT2D eigenvalue weighted by atomic mass is 19.1. The van der Waals surface area contributed by atoms with Gasteiger partial charge >= 0.3 is 6.09 Å². The van der Waals surface area contributed by atoms with Gasteiger partial charge in [0.25, 0.3) is 5.91 Å². The lowest BCUT2D eigenvalue weighted by atomic mass is 9.80. The maximum Gasteiger partial charge on any atom is 0.407 e. The second kappa shape index (κ2) is 10.7. The second-order valence-electron chi connectivity index (χ2n) is 8.99. The number of fused-ring (bicyclic) bond motifs is 1. The lowest BCUT2D eigenvalue weighted by Gasteiger charge is -2.37. The predicted octanol–water partition coefficient (Wildman–Crippen LogP) is 4.04. The number of rotatable bonds is 7. The zero-order chi connectivity index (χ0) is 25.8. The van der Waals surface area contributed by atoms with Crippen LogP contribution in [0.3, 0.4) is 0 Å². The Morgan fingerprint density at radius 2 is 1.92 bits per heavy atom. The maximum absolute atomic E-state index is 14.7. The number of nitrogens with one attached hydrogen (secondary N) is 1. The number of carbonyl (C=O) groups is 2. The third-order valence-corrected chi connectivity index (χ3v) is 6.68. The van der Waals surface area contributed by atoms with Crippen LogP contribution in [0, 0.1) is 11.7 Å². The lowest BCUT2D eigenvalue weighted by molar-refractivity contribution is 0.0937. The van der Waals surface area contributed by atoms with Crippen molar-refractivity contribution >= 4 is 12.0 Å². The minimum atomic E-state index is -0.998. The SMILES string of the molecule is O=C(NCc1ccncc1)c1cc([C@@H]2CCN(C(=O)O)C[C@H]2COc2ccc3c(c2)OCO3)ccc1F. The molecule has 2 amide bonds. The Balaban J connectivity index is 1.32. The Morgan fingerprint density at radius 1 is 1.11 bits per heavy atom. The molecular formula is C27H26FN3O6. The smallest absolute Gasteiger partial charge is 0.407 e. The van der Waals surface area contributed by atoms with E-state index in [1.54, 1.807) is 54.9 Å². The Bertz CT molecular complexity index is 1290. The molecule has 3 heterocycles. The van der Waals surface area contributed by atoms with Crippen LogP contribution >= 0.6 is 0 Å². The fourth-order valence-electron chi connectivity index (χ4n) is 4.71. The minimum Gasteiger partial charge on any atom is -0.493 e. The van der Waals surface area contributed by atoms with Crippen molar-refractivity contribution in [2.45, 2.75) is 18.9 Å². The van der Waals surface area contributed by atoms with Gasteiger partial charge in [-0.25, -0.2) is 9.18 Å². The van der Waals surface area contributed by atoms with Crippen LogP contribution < -0.4 is 19.5 Å². The fourth-order valence-corrected chi connectivity index (χ4v) is 4.71. The highest BCUT2D eigenvalue weighted by Gasteiger charge is 2.34. The molecule has 0 unspecified atom stereocenters. The van der Waals surface area contributed by atoms with Crippen molar-refractivity contribution in [2.24, 2.45) is 5.92 Å². The molecule has 0 aliphatic carbocycles. The van der Waals surface area contributed by atoms with Crippen LogP contribution in [0.2, 0.25) is 0 Å². The molecule has 1 saturated heterocycles. The summed E-state index contributed by atoms with van der Waals surface area (Å²) in [5.74, 6) is 0.322. The van der Waals surface area contributed by atoms with E-state index in [4.69, 9.17) is 14.2 Å². The van der Waals surface area contributed by atoms with Crippen LogP contribution in [0.4, 0.5) is 9.18 Å². The first-order chi connectivity index (χ1) is 18.0. The lowest BCUT2D eigenvalue weighted by Crippen LogP contribution is -2.44. The van der Waals surface area contributed by atoms with E-state index in [1.165, 1.54) is 11.0 Å². The van der Waals surface area contributed by atoms with E-state index in [1.807, 2.05) is 0 Å². The van der Waals surface area contributed by atoms with E-state index < -0.39 is 17.8 Å². The Labute approximate surface area is 212 Å². The van der Waals surface area contributed by atoms with Crippen molar-refractivity contribution in [3.63, 3.8) is 0 Å². The number of halogens is 1. The number of likely N-dealkylation sites (tertiary alicyclic amines) is 1. The molecule has 192 valence electrons. The van der Waals surface area contributed by atoms with Crippen LogP contribution in [-0.4, -0.2) is 53.5 Å². The molecule has 2 aliphatic rings. The standard InChI is InChI=1S/C27H26FN3O6/c28-23-3-1-18(11-22(23)26(32)30-13-17-5-8-29-9-6-17)21-7-10-31(27(33)34)14-19(21)15-35-20-2-4-24-25(12-20)37-16-36-24/h1-6,8-9,11-12,19,21H,7,10,13-16H2,(H,30,32)(H,33,34)/t19-,21-/m0/s1. The van der Waals surface area contributed by atoms with Gasteiger partial charge in [-0.05, 0) is 59.9 Å². The number of carboxylic acid groups (broad SMARTS) is 1.